The molecule has 0 bridgehead atoms. The number of rotatable bonds is 1. The average Bonchev–Trinajstić information content (AvgIpc) is 2.17. The van der Waals surface area contributed by atoms with Crippen molar-refractivity contribution in [3.05, 3.63) is 43.1 Å². The maximum Gasteiger partial charge on any atom is 0.0918 e. The fourth-order valence-corrected chi connectivity index (χ4v) is 1.24. The van der Waals surface area contributed by atoms with Crippen LogP contribution in [0.15, 0.2) is 30.6 Å². The summed E-state index contributed by atoms with van der Waals surface area (Å²) in [6, 6.07) is 5.81. The van der Waals surface area contributed by atoms with Gasteiger partial charge in [0.1, 0.15) is 0 Å². The highest BCUT2D eigenvalue weighted by molar-refractivity contribution is 5.77. The van der Waals surface area contributed by atoms with Crippen molar-refractivity contribution in [2.24, 2.45) is 0 Å². The fourth-order valence-electron chi connectivity index (χ4n) is 1.24. The Balaban J connectivity index is 2.79. The standard InChI is InChI=1S/C10H9N2/c1-2-8-5-7-11-9-4-3-6-12-10(8)9/h3-7H,1-2H2. The zero-order chi connectivity index (χ0) is 8.39. The van der Waals surface area contributed by atoms with Crippen molar-refractivity contribution in [1.82, 2.24) is 9.97 Å². The van der Waals surface area contributed by atoms with Crippen molar-refractivity contribution in [2.75, 3.05) is 0 Å². The highest BCUT2D eigenvalue weighted by Gasteiger charge is 1.98. The largest absolute Gasteiger partial charge is 0.255 e. The molecule has 0 aliphatic heterocycles. The van der Waals surface area contributed by atoms with Crippen molar-refractivity contribution >= 4 is 11.0 Å². The summed E-state index contributed by atoms with van der Waals surface area (Å²) >= 11 is 0. The fraction of sp³-hybridized carbons (Fsp3) is 0.100. The van der Waals surface area contributed by atoms with E-state index in [4.69, 9.17) is 0 Å². The van der Waals surface area contributed by atoms with E-state index in [1.807, 2.05) is 18.2 Å². The smallest absolute Gasteiger partial charge is 0.0918 e. The maximum absolute atomic E-state index is 4.25. The quantitative estimate of drug-likeness (QED) is 0.632. The summed E-state index contributed by atoms with van der Waals surface area (Å²) in [5.41, 5.74) is 3.06. The molecule has 0 N–H and O–H groups in total. The number of hydrogen-bond donors (Lipinski definition) is 0. The molecule has 0 fully saturated rings. The Bertz CT molecular complexity index is 390. The molecule has 0 unspecified atom stereocenters. The molecule has 2 heterocycles. The van der Waals surface area contributed by atoms with E-state index in [0.717, 1.165) is 23.0 Å². The Kier molecular flexibility index (Phi) is 1.74. The summed E-state index contributed by atoms with van der Waals surface area (Å²) < 4.78 is 0. The van der Waals surface area contributed by atoms with Gasteiger partial charge in [0.15, 0.2) is 0 Å². The molecule has 12 heavy (non-hydrogen) atoms. The van der Waals surface area contributed by atoms with E-state index in [9.17, 15) is 0 Å². The normalized spacial score (nSPS) is 10.4. The van der Waals surface area contributed by atoms with Crippen LogP contribution in [0.25, 0.3) is 11.0 Å². The second kappa shape index (κ2) is 2.89. The number of hydrogen-bond acceptors (Lipinski definition) is 2. The molecule has 0 aliphatic rings. The van der Waals surface area contributed by atoms with E-state index in [1.54, 1.807) is 12.4 Å². The number of aromatic nitrogens is 2. The van der Waals surface area contributed by atoms with E-state index in [1.165, 1.54) is 0 Å². The summed E-state index contributed by atoms with van der Waals surface area (Å²) in [4.78, 5) is 8.45. The van der Waals surface area contributed by atoms with E-state index in [-0.39, 0.29) is 0 Å². The Morgan fingerprint density at radius 2 is 2.08 bits per heavy atom. The molecule has 0 saturated heterocycles. The molecular formula is C10H9N2. The Hall–Kier alpha value is -1.44. The second-order valence-corrected chi connectivity index (χ2v) is 2.59. The van der Waals surface area contributed by atoms with Crippen molar-refractivity contribution in [2.45, 2.75) is 6.42 Å². The molecule has 0 aromatic carbocycles. The molecule has 1 radical (unpaired) electrons. The maximum atomic E-state index is 4.25. The van der Waals surface area contributed by atoms with E-state index >= 15 is 0 Å². The third-order valence-corrected chi connectivity index (χ3v) is 1.85. The lowest BCUT2D eigenvalue weighted by atomic mass is 10.1. The minimum absolute atomic E-state index is 0.760. The summed E-state index contributed by atoms with van der Waals surface area (Å²) in [6.07, 6.45) is 4.34. The van der Waals surface area contributed by atoms with E-state index in [2.05, 4.69) is 16.9 Å². The minimum atomic E-state index is 0.760. The molecule has 2 nitrogen and oxygen atoms in total. The van der Waals surface area contributed by atoms with Crippen LogP contribution in [0.1, 0.15) is 5.56 Å². The molecule has 0 aliphatic carbocycles. The van der Waals surface area contributed by atoms with Crippen LogP contribution in [0, 0.1) is 6.92 Å². The van der Waals surface area contributed by atoms with Gasteiger partial charge >= 0.3 is 0 Å². The van der Waals surface area contributed by atoms with Gasteiger partial charge in [0.25, 0.3) is 0 Å². The summed E-state index contributed by atoms with van der Waals surface area (Å²) in [6.45, 7) is 3.84. The van der Waals surface area contributed by atoms with Gasteiger partial charge in [-0.3, -0.25) is 9.97 Å². The predicted octanol–water partition coefficient (Wildman–Crippen LogP) is 2.01. The third-order valence-electron chi connectivity index (χ3n) is 1.85. The molecule has 0 saturated carbocycles. The van der Waals surface area contributed by atoms with Crippen LogP contribution in [0.3, 0.4) is 0 Å². The summed E-state index contributed by atoms with van der Waals surface area (Å²) in [5.74, 6) is 0. The first-order chi connectivity index (χ1) is 5.92. The van der Waals surface area contributed by atoms with Crippen LogP contribution in [0.2, 0.25) is 0 Å². The molecule has 2 heteroatoms. The van der Waals surface area contributed by atoms with Crippen LogP contribution in [-0.4, -0.2) is 9.97 Å². The van der Waals surface area contributed by atoms with Gasteiger partial charge < -0.3 is 0 Å². The van der Waals surface area contributed by atoms with Gasteiger partial charge in [-0.25, -0.2) is 0 Å². The van der Waals surface area contributed by atoms with Gasteiger partial charge in [-0.2, -0.15) is 0 Å². The molecule has 0 amide bonds. The topological polar surface area (TPSA) is 25.8 Å². The molecule has 2 aromatic rings. The van der Waals surface area contributed by atoms with Gasteiger partial charge in [0, 0.05) is 12.4 Å². The predicted molar refractivity (Wildman–Crippen MR) is 48.6 cm³/mol. The zero-order valence-electron chi connectivity index (χ0n) is 6.70. The lowest BCUT2D eigenvalue weighted by molar-refractivity contribution is 1.22. The summed E-state index contributed by atoms with van der Waals surface area (Å²) in [7, 11) is 0. The van der Waals surface area contributed by atoms with E-state index < -0.39 is 0 Å². The highest BCUT2D eigenvalue weighted by atomic mass is 14.7. The molecule has 0 atom stereocenters. The van der Waals surface area contributed by atoms with Crippen molar-refractivity contribution in [1.29, 1.82) is 0 Å². The van der Waals surface area contributed by atoms with Crippen molar-refractivity contribution < 1.29 is 0 Å². The van der Waals surface area contributed by atoms with Crippen molar-refractivity contribution in [3.63, 3.8) is 0 Å². The van der Waals surface area contributed by atoms with Crippen LogP contribution < -0.4 is 0 Å². The SMILES string of the molecule is [CH2]Cc1ccnc2cccnc12. The molecule has 2 aromatic heterocycles. The second-order valence-electron chi connectivity index (χ2n) is 2.59. The highest BCUT2D eigenvalue weighted by Crippen LogP contribution is 2.12. The Morgan fingerprint density at radius 1 is 1.17 bits per heavy atom. The first-order valence-electron chi connectivity index (χ1n) is 3.89. The van der Waals surface area contributed by atoms with Gasteiger partial charge in [-0.1, -0.05) is 0 Å². The molecular weight excluding hydrogens is 148 g/mol. The van der Waals surface area contributed by atoms with Gasteiger partial charge in [-0.15, -0.1) is 0 Å². The third kappa shape index (κ3) is 1.05. The van der Waals surface area contributed by atoms with Gasteiger partial charge in [0.05, 0.1) is 11.0 Å². The molecule has 2 rings (SSSR count). The number of nitrogens with zero attached hydrogens (tertiary/aromatic N) is 2. The number of fused-ring (bicyclic) bond motifs is 1. The van der Waals surface area contributed by atoms with Gasteiger partial charge in [-0.05, 0) is 37.1 Å². The van der Waals surface area contributed by atoms with Crippen LogP contribution in [0.5, 0.6) is 0 Å². The monoisotopic (exact) mass is 157 g/mol. The van der Waals surface area contributed by atoms with Gasteiger partial charge in [0.2, 0.25) is 0 Å². The molecule has 59 valence electrons. The minimum Gasteiger partial charge on any atom is -0.255 e. The Morgan fingerprint density at radius 3 is 2.92 bits per heavy atom. The lowest BCUT2D eigenvalue weighted by Gasteiger charge is -2.00. The molecule has 0 spiro atoms. The summed E-state index contributed by atoms with van der Waals surface area (Å²) in [5, 5.41) is 0. The van der Waals surface area contributed by atoms with Crippen LogP contribution >= 0.6 is 0 Å². The lowest BCUT2D eigenvalue weighted by Crippen LogP contribution is -1.88. The first-order valence-corrected chi connectivity index (χ1v) is 3.89. The Labute approximate surface area is 71.3 Å². The van der Waals surface area contributed by atoms with Crippen LogP contribution in [0.4, 0.5) is 0 Å². The average molecular weight is 157 g/mol. The van der Waals surface area contributed by atoms with Crippen molar-refractivity contribution in [3.8, 4) is 0 Å². The number of pyridine rings is 2. The first kappa shape index (κ1) is 7.22. The van der Waals surface area contributed by atoms with E-state index in [0.29, 0.717) is 0 Å². The van der Waals surface area contributed by atoms with Crippen LogP contribution in [-0.2, 0) is 6.42 Å². The zero-order valence-corrected chi connectivity index (χ0v) is 6.70.